The molecule has 0 aromatic heterocycles. The maximum Gasteiger partial charge on any atom is 0.266 e. The predicted molar refractivity (Wildman–Crippen MR) is 101 cm³/mol. The van der Waals surface area contributed by atoms with E-state index in [9.17, 15) is 14.0 Å². The van der Waals surface area contributed by atoms with E-state index in [-0.39, 0.29) is 23.7 Å². The molecule has 134 valence electrons. The lowest BCUT2D eigenvalue weighted by Gasteiger charge is -2.15. The van der Waals surface area contributed by atoms with Crippen molar-refractivity contribution in [3.05, 3.63) is 71.0 Å². The molecule has 0 saturated carbocycles. The number of hydrogen-bond acceptors (Lipinski definition) is 4. The minimum absolute atomic E-state index is 0.107. The van der Waals surface area contributed by atoms with Crippen molar-refractivity contribution in [1.82, 2.24) is 10.6 Å². The Morgan fingerprint density at radius 2 is 1.81 bits per heavy atom. The second-order valence-electron chi connectivity index (χ2n) is 5.87. The molecule has 0 spiro atoms. The maximum atomic E-state index is 13.0. The van der Waals surface area contributed by atoms with E-state index in [4.69, 9.17) is 0 Å². The topological polar surface area (TPSA) is 70.6 Å². The van der Waals surface area contributed by atoms with Crippen molar-refractivity contribution in [3.63, 3.8) is 0 Å². The van der Waals surface area contributed by atoms with Gasteiger partial charge in [-0.1, -0.05) is 36.0 Å². The van der Waals surface area contributed by atoms with E-state index in [0.29, 0.717) is 10.7 Å². The standard InChI is InChI=1S/C19H18FN3O2S/c1-11(12-7-9-15(20)10-8-12)22-19-23-18(25)16(26-19)13-3-5-14(6-4-13)17(24)21-2/h3-11,16H,1-2H3,(H,21,24)(H,22,23,25)/t11-,16?/m0/s1. The normalized spacial score (nSPS) is 17.6. The minimum Gasteiger partial charge on any atom is -0.358 e. The summed E-state index contributed by atoms with van der Waals surface area (Å²) >= 11 is 1.33. The van der Waals surface area contributed by atoms with Gasteiger partial charge in [0.15, 0.2) is 5.17 Å². The van der Waals surface area contributed by atoms with E-state index < -0.39 is 5.25 Å². The summed E-state index contributed by atoms with van der Waals surface area (Å²) in [7, 11) is 1.57. The number of carbonyl (C=O) groups is 2. The van der Waals surface area contributed by atoms with Gasteiger partial charge < -0.3 is 10.6 Å². The van der Waals surface area contributed by atoms with Crippen LogP contribution < -0.4 is 10.6 Å². The van der Waals surface area contributed by atoms with Crippen LogP contribution in [0.3, 0.4) is 0 Å². The van der Waals surface area contributed by atoms with Gasteiger partial charge in [-0.3, -0.25) is 9.59 Å². The van der Waals surface area contributed by atoms with Gasteiger partial charge in [-0.25, -0.2) is 4.39 Å². The van der Waals surface area contributed by atoms with Crippen molar-refractivity contribution in [2.75, 3.05) is 7.05 Å². The molecule has 1 unspecified atom stereocenters. The summed E-state index contributed by atoms with van der Waals surface area (Å²) in [5, 5.41) is 5.85. The number of benzene rings is 2. The summed E-state index contributed by atoms with van der Waals surface area (Å²) in [5.74, 6) is -0.700. The van der Waals surface area contributed by atoms with Crippen molar-refractivity contribution in [2.45, 2.75) is 18.2 Å². The van der Waals surface area contributed by atoms with Gasteiger partial charge in [-0.05, 0) is 42.3 Å². The summed E-state index contributed by atoms with van der Waals surface area (Å²) < 4.78 is 13.0. The van der Waals surface area contributed by atoms with Crippen LogP contribution in [0.2, 0.25) is 0 Å². The summed E-state index contributed by atoms with van der Waals surface area (Å²) in [6.45, 7) is 1.92. The first-order valence-electron chi connectivity index (χ1n) is 8.11. The number of rotatable bonds is 4. The van der Waals surface area contributed by atoms with Gasteiger partial charge in [0.05, 0.1) is 6.04 Å². The Hall–Kier alpha value is -2.67. The second-order valence-corrected chi connectivity index (χ2v) is 6.97. The van der Waals surface area contributed by atoms with Crippen LogP contribution in [-0.4, -0.2) is 24.0 Å². The molecule has 2 aromatic rings. The Bertz CT molecular complexity index is 850. The number of aliphatic imine (C=N–C) groups is 1. The van der Waals surface area contributed by atoms with Crippen LogP contribution in [-0.2, 0) is 4.79 Å². The quantitative estimate of drug-likeness (QED) is 0.866. The zero-order chi connectivity index (χ0) is 18.7. The number of carbonyl (C=O) groups excluding carboxylic acids is 2. The van der Waals surface area contributed by atoms with Gasteiger partial charge in [0.25, 0.3) is 11.8 Å². The van der Waals surface area contributed by atoms with Gasteiger partial charge in [0, 0.05) is 12.6 Å². The molecule has 0 radical (unpaired) electrons. The van der Waals surface area contributed by atoms with Crippen LogP contribution in [0.25, 0.3) is 0 Å². The highest BCUT2D eigenvalue weighted by atomic mass is 32.2. The highest BCUT2D eigenvalue weighted by molar-refractivity contribution is 8.15. The predicted octanol–water partition coefficient (Wildman–Crippen LogP) is 3.21. The maximum absolute atomic E-state index is 13.0. The first kappa shape index (κ1) is 18.1. The van der Waals surface area contributed by atoms with Crippen LogP contribution in [0.4, 0.5) is 4.39 Å². The number of hydrogen-bond donors (Lipinski definition) is 2. The van der Waals surface area contributed by atoms with Crippen molar-refractivity contribution < 1.29 is 14.0 Å². The van der Waals surface area contributed by atoms with E-state index in [1.165, 1.54) is 23.9 Å². The van der Waals surface area contributed by atoms with Gasteiger partial charge in [-0.15, -0.1) is 0 Å². The smallest absolute Gasteiger partial charge is 0.266 e. The van der Waals surface area contributed by atoms with E-state index in [2.05, 4.69) is 15.6 Å². The lowest BCUT2D eigenvalue weighted by Crippen LogP contribution is -2.23. The molecule has 2 atom stereocenters. The van der Waals surface area contributed by atoms with E-state index in [1.807, 2.05) is 6.92 Å². The van der Waals surface area contributed by atoms with Crippen molar-refractivity contribution in [1.29, 1.82) is 0 Å². The van der Waals surface area contributed by atoms with Crippen molar-refractivity contribution in [3.8, 4) is 0 Å². The molecule has 7 heteroatoms. The zero-order valence-corrected chi connectivity index (χ0v) is 15.1. The van der Waals surface area contributed by atoms with Crippen LogP contribution in [0, 0.1) is 5.82 Å². The van der Waals surface area contributed by atoms with Crippen LogP contribution in [0.5, 0.6) is 0 Å². The third-order valence-corrected chi connectivity index (χ3v) is 5.22. The van der Waals surface area contributed by atoms with Gasteiger partial charge >= 0.3 is 0 Å². The molecular formula is C19H18FN3O2S. The first-order chi connectivity index (χ1) is 12.5. The Morgan fingerprint density at radius 1 is 1.15 bits per heavy atom. The van der Waals surface area contributed by atoms with Crippen LogP contribution >= 0.6 is 11.8 Å². The van der Waals surface area contributed by atoms with E-state index >= 15 is 0 Å². The number of nitrogens with one attached hydrogen (secondary N) is 2. The molecule has 0 bridgehead atoms. The summed E-state index contributed by atoms with van der Waals surface area (Å²) in [6.07, 6.45) is 0. The third-order valence-electron chi connectivity index (χ3n) is 4.08. The Morgan fingerprint density at radius 3 is 2.42 bits per heavy atom. The van der Waals surface area contributed by atoms with Crippen molar-refractivity contribution >= 4 is 28.7 Å². The molecular weight excluding hydrogens is 353 g/mol. The molecule has 3 rings (SSSR count). The number of thioether (sulfide) groups is 1. The number of amides is 2. The SMILES string of the molecule is CNC(=O)c1ccc(C2SC(N[C@@H](C)c3ccc(F)cc3)=NC2=O)cc1. The molecule has 0 fully saturated rings. The Labute approximate surface area is 155 Å². The molecule has 2 N–H and O–H groups in total. The first-order valence-corrected chi connectivity index (χ1v) is 8.99. The molecule has 2 amide bonds. The molecule has 5 nitrogen and oxygen atoms in total. The van der Waals surface area contributed by atoms with Gasteiger partial charge in [0.2, 0.25) is 0 Å². The summed E-state index contributed by atoms with van der Waals surface area (Å²) in [5.41, 5.74) is 2.24. The fourth-order valence-electron chi connectivity index (χ4n) is 2.60. The summed E-state index contributed by atoms with van der Waals surface area (Å²) in [4.78, 5) is 27.9. The molecule has 2 aromatic carbocycles. The molecule has 1 heterocycles. The average Bonchev–Trinajstić information content (AvgIpc) is 3.01. The highest BCUT2D eigenvalue weighted by Crippen LogP contribution is 2.36. The minimum atomic E-state index is -0.434. The highest BCUT2D eigenvalue weighted by Gasteiger charge is 2.30. The fraction of sp³-hybridized carbons (Fsp3) is 0.211. The summed E-state index contributed by atoms with van der Waals surface area (Å²) in [6, 6.07) is 13.0. The largest absolute Gasteiger partial charge is 0.358 e. The van der Waals surface area contributed by atoms with Crippen LogP contribution in [0.15, 0.2) is 53.5 Å². The second kappa shape index (κ2) is 7.70. The Kier molecular flexibility index (Phi) is 5.37. The zero-order valence-electron chi connectivity index (χ0n) is 14.3. The fourth-order valence-corrected chi connectivity index (χ4v) is 3.66. The number of halogens is 1. The number of amidine groups is 1. The molecule has 26 heavy (non-hydrogen) atoms. The monoisotopic (exact) mass is 371 g/mol. The van der Waals surface area contributed by atoms with E-state index in [1.54, 1.807) is 43.4 Å². The van der Waals surface area contributed by atoms with Gasteiger partial charge in [-0.2, -0.15) is 4.99 Å². The Balaban J connectivity index is 1.66. The van der Waals surface area contributed by atoms with E-state index in [0.717, 1.165) is 11.1 Å². The molecule has 0 saturated heterocycles. The average molecular weight is 371 g/mol. The third kappa shape index (κ3) is 3.94. The van der Waals surface area contributed by atoms with Crippen LogP contribution in [0.1, 0.15) is 39.7 Å². The van der Waals surface area contributed by atoms with Crippen molar-refractivity contribution in [2.24, 2.45) is 4.99 Å². The van der Waals surface area contributed by atoms with Gasteiger partial charge in [0.1, 0.15) is 11.1 Å². The lowest BCUT2D eigenvalue weighted by atomic mass is 10.1. The molecule has 1 aliphatic heterocycles. The number of nitrogens with zero attached hydrogens (tertiary/aromatic N) is 1. The molecule has 1 aliphatic rings. The lowest BCUT2D eigenvalue weighted by molar-refractivity contribution is -0.117. The molecule has 0 aliphatic carbocycles.